The number of nitrogens with zero attached hydrogens (tertiary/aromatic N) is 1. The fraction of sp³-hybridized carbons (Fsp3) is 0.385. The maximum atomic E-state index is 12.7. The molecule has 0 amide bonds. The van der Waals surface area contributed by atoms with Gasteiger partial charge in [-0.15, -0.1) is 0 Å². The molecular weight excluding hydrogens is 287 g/mol. The summed E-state index contributed by atoms with van der Waals surface area (Å²) in [4.78, 5) is 3.67. The first-order chi connectivity index (χ1) is 9.30. The molecule has 1 aromatic heterocycles. The standard InChI is InChI=1S/C13H16F3N3S/c1-9(2)5-3-8-18-12(20)19-11-10(13(14,15)16)6-4-7-17-11/h4-7H,3,8H2,1-2H3,(H2,17,18,19,20). The molecule has 0 aliphatic heterocycles. The maximum absolute atomic E-state index is 12.7. The molecule has 0 unspecified atom stereocenters. The van der Waals surface area contributed by atoms with Crippen LogP contribution in [0.4, 0.5) is 19.0 Å². The molecule has 1 heterocycles. The van der Waals surface area contributed by atoms with Gasteiger partial charge in [-0.25, -0.2) is 4.98 Å². The SMILES string of the molecule is CC(C)=CCCNC(=S)Nc1ncccc1C(F)(F)F. The molecule has 0 bridgehead atoms. The van der Waals surface area contributed by atoms with Gasteiger partial charge in [0.2, 0.25) is 0 Å². The van der Waals surface area contributed by atoms with Crippen LogP contribution >= 0.6 is 12.2 Å². The van der Waals surface area contributed by atoms with Gasteiger partial charge in [-0.05, 0) is 44.6 Å². The van der Waals surface area contributed by atoms with Gasteiger partial charge < -0.3 is 10.6 Å². The Hall–Kier alpha value is -1.63. The highest BCUT2D eigenvalue weighted by Crippen LogP contribution is 2.33. The van der Waals surface area contributed by atoms with E-state index in [4.69, 9.17) is 12.2 Å². The van der Waals surface area contributed by atoms with Crippen LogP contribution in [-0.2, 0) is 6.18 Å². The smallest absolute Gasteiger partial charge is 0.362 e. The molecule has 7 heteroatoms. The summed E-state index contributed by atoms with van der Waals surface area (Å²) < 4.78 is 38.2. The van der Waals surface area contributed by atoms with Crippen LogP contribution < -0.4 is 10.6 Å². The van der Waals surface area contributed by atoms with Crippen molar-refractivity contribution in [2.24, 2.45) is 0 Å². The third kappa shape index (κ3) is 5.56. The van der Waals surface area contributed by atoms with E-state index in [-0.39, 0.29) is 10.9 Å². The van der Waals surface area contributed by atoms with Gasteiger partial charge in [0.15, 0.2) is 5.11 Å². The van der Waals surface area contributed by atoms with Crippen molar-refractivity contribution in [1.29, 1.82) is 0 Å². The lowest BCUT2D eigenvalue weighted by Gasteiger charge is -2.14. The van der Waals surface area contributed by atoms with Crippen molar-refractivity contribution in [3.05, 3.63) is 35.5 Å². The summed E-state index contributed by atoms with van der Waals surface area (Å²) in [5.74, 6) is -0.292. The lowest BCUT2D eigenvalue weighted by molar-refractivity contribution is -0.137. The zero-order valence-electron chi connectivity index (χ0n) is 11.2. The number of anilines is 1. The Kier molecular flexibility index (Phi) is 5.94. The van der Waals surface area contributed by atoms with Gasteiger partial charge in [0.25, 0.3) is 0 Å². The summed E-state index contributed by atoms with van der Waals surface area (Å²) in [5, 5.41) is 5.43. The molecule has 0 aliphatic rings. The van der Waals surface area contributed by atoms with Crippen molar-refractivity contribution in [1.82, 2.24) is 10.3 Å². The highest BCUT2D eigenvalue weighted by Gasteiger charge is 2.34. The van der Waals surface area contributed by atoms with Crippen LogP contribution in [0.5, 0.6) is 0 Å². The monoisotopic (exact) mass is 303 g/mol. The van der Waals surface area contributed by atoms with Crippen molar-refractivity contribution in [2.45, 2.75) is 26.4 Å². The third-order valence-corrected chi connectivity index (χ3v) is 2.57. The van der Waals surface area contributed by atoms with E-state index >= 15 is 0 Å². The van der Waals surface area contributed by atoms with Gasteiger partial charge in [-0.1, -0.05) is 11.6 Å². The van der Waals surface area contributed by atoms with E-state index in [0.29, 0.717) is 6.54 Å². The zero-order chi connectivity index (χ0) is 15.2. The van der Waals surface area contributed by atoms with E-state index in [1.807, 2.05) is 19.9 Å². The number of halogens is 3. The van der Waals surface area contributed by atoms with Crippen LogP contribution in [0.1, 0.15) is 25.8 Å². The summed E-state index contributed by atoms with van der Waals surface area (Å²) in [6.45, 7) is 4.49. The van der Waals surface area contributed by atoms with Crippen LogP contribution in [0.15, 0.2) is 30.0 Å². The summed E-state index contributed by atoms with van der Waals surface area (Å²) in [6, 6.07) is 2.19. The van der Waals surface area contributed by atoms with Crippen LogP contribution in [0, 0.1) is 0 Å². The van der Waals surface area contributed by atoms with Crippen LogP contribution in [0.25, 0.3) is 0 Å². The number of allylic oxidation sites excluding steroid dienone is 1. The number of hydrogen-bond acceptors (Lipinski definition) is 2. The van der Waals surface area contributed by atoms with Gasteiger partial charge in [0.05, 0.1) is 5.56 Å². The highest BCUT2D eigenvalue weighted by atomic mass is 32.1. The van der Waals surface area contributed by atoms with Crippen molar-refractivity contribution >= 4 is 23.1 Å². The van der Waals surface area contributed by atoms with E-state index in [1.165, 1.54) is 17.8 Å². The summed E-state index contributed by atoms with van der Waals surface area (Å²) in [5.41, 5.74) is 0.336. The second kappa shape index (κ2) is 7.23. The lowest BCUT2D eigenvalue weighted by atomic mass is 10.2. The normalized spacial score (nSPS) is 10.8. The minimum Gasteiger partial charge on any atom is -0.362 e. The van der Waals surface area contributed by atoms with Crippen LogP contribution in [-0.4, -0.2) is 16.6 Å². The molecule has 0 atom stereocenters. The zero-order valence-corrected chi connectivity index (χ0v) is 12.0. The number of nitrogens with one attached hydrogen (secondary N) is 2. The molecule has 0 saturated heterocycles. The quantitative estimate of drug-likeness (QED) is 0.505. The fourth-order valence-corrected chi connectivity index (χ4v) is 1.63. The molecule has 0 radical (unpaired) electrons. The van der Waals surface area contributed by atoms with Crippen molar-refractivity contribution in [3.63, 3.8) is 0 Å². The Morgan fingerprint density at radius 1 is 1.40 bits per heavy atom. The molecule has 110 valence electrons. The average molecular weight is 303 g/mol. The minimum absolute atomic E-state index is 0.122. The van der Waals surface area contributed by atoms with Crippen LogP contribution in [0.3, 0.4) is 0 Å². The van der Waals surface area contributed by atoms with Gasteiger partial charge in [0.1, 0.15) is 5.82 Å². The van der Waals surface area contributed by atoms with Gasteiger partial charge in [0, 0.05) is 12.7 Å². The lowest BCUT2D eigenvalue weighted by Crippen LogP contribution is -2.30. The molecule has 0 spiro atoms. The number of alkyl halides is 3. The maximum Gasteiger partial charge on any atom is 0.419 e. The molecule has 1 aromatic rings. The van der Waals surface area contributed by atoms with Crippen molar-refractivity contribution in [2.75, 3.05) is 11.9 Å². The molecule has 0 fully saturated rings. The first-order valence-electron chi connectivity index (χ1n) is 6.01. The Morgan fingerprint density at radius 3 is 2.70 bits per heavy atom. The van der Waals surface area contributed by atoms with Crippen molar-refractivity contribution < 1.29 is 13.2 Å². The first-order valence-corrected chi connectivity index (χ1v) is 6.42. The van der Waals surface area contributed by atoms with Gasteiger partial charge in [-0.3, -0.25) is 0 Å². The second-order valence-corrected chi connectivity index (χ2v) is 4.76. The van der Waals surface area contributed by atoms with E-state index in [9.17, 15) is 13.2 Å². The molecule has 0 aromatic carbocycles. The summed E-state index contributed by atoms with van der Waals surface area (Å²) in [7, 11) is 0. The van der Waals surface area contributed by atoms with E-state index in [0.717, 1.165) is 12.5 Å². The number of rotatable bonds is 4. The first kappa shape index (κ1) is 16.4. The number of hydrogen-bond donors (Lipinski definition) is 2. The Balaban J connectivity index is 2.61. The minimum atomic E-state index is -4.46. The summed E-state index contributed by atoms with van der Waals surface area (Å²) in [6.07, 6.45) is -0.423. The molecular formula is C13H16F3N3S. The Labute approximate surface area is 121 Å². The van der Waals surface area contributed by atoms with Crippen LogP contribution in [0.2, 0.25) is 0 Å². The number of thiocarbonyl (C=S) groups is 1. The fourth-order valence-electron chi connectivity index (χ4n) is 1.43. The molecule has 1 rings (SSSR count). The second-order valence-electron chi connectivity index (χ2n) is 4.35. The third-order valence-electron chi connectivity index (χ3n) is 2.33. The highest BCUT2D eigenvalue weighted by molar-refractivity contribution is 7.80. The molecule has 0 aliphatic carbocycles. The van der Waals surface area contributed by atoms with E-state index in [2.05, 4.69) is 15.6 Å². The molecule has 3 nitrogen and oxygen atoms in total. The number of pyridine rings is 1. The largest absolute Gasteiger partial charge is 0.419 e. The summed E-state index contributed by atoms with van der Waals surface area (Å²) >= 11 is 4.95. The van der Waals surface area contributed by atoms with E-state index in [1.54, 1.807) is 0 Å². The van der Waals surface area contributed by atoms with E-state index < -0.39 is 11.7 Å². The topological polar surface area (TPSA) is 37.0 Å². The van der Waals surface area contributed by atoms with Crippen molar-refractivity contribution in [3.8, 4) is 0 Å². The average Bonchev–Trinajstić information content (AvgIpc) is 2.34. The molecule has 2 N–H and O–H groups in total. The molecule has 0 saturated carbocycles. The number of aromatic nitrogens is 1. The molecule has 20 heavy (non-hydrogen) atoms. The Morgan fingerprint density at radius 2 is 2.10 bits per heavy atom. The predicted octanol–water partition coefficient (Wildman–Crippen LogP) is 3.74. The Bertz CT molecular complexity index is 494. The van der Waals surface area contributed by atoms with Gasteiger partial charge >= 0.3 is 6.18 Å². The predicted molar refractivity (Wildman–Crippen MR) is 77.5 cm³/mol. The van der Waals surface area contributed by atoms with Gasteiger partial charge in [-0.2, -0.15) is 13.2 Å².